The highest BCUT2D eigenvalue weighted by atomic mass is 32.2. The Morgan fingerprint density at radius 2 is 1.89 bits per heavy atom. The first-order valence-corrected chi connectivity index (χ1v) is 9.72. The number of rotatable bonds is 6. The van der Waals surface area contributed by atoms with Gasteiger partial charge in [0.25, 0.3) is 0 Å². The van der Waals surface area contributed by atoms with Gasteiger partial charge in [0.1, 0.15) is 11.5 Å². The molecular weight excluding hydrogens is 366 g/mol. The number of aromatic nitrogens is 1. The molecule has 8 heteroatoms. The third-order valence-corrected chi connectivity index (χ3v) is 5.38. The lowest BCUT2D eigenvalue weighted by atomic mass is 10.2. The Morgan fingerprint density at radius 3 is 2.59 bits per heavy atom. The first-order valence-electron chi connectivity index (χ1n) is 8.07. The summed E-state index contributed by atoms with van der Waals surface area (Å²) in [6.45, 7) is 1.73. The fourth-order valence-corrected chi connectivity index (χ4v) is 3.58. The summed E-state index contributed by atoms with van der Waals surface area (Å²) in [5.41, 5.74) is 3.73. The molecule has 0 atom stereocenters. The molecule has 0 aliphatic rings. The number of furan rings is 1. The predicted octanol–water partition coefficient (Wildman–Crippen LogP) is 2.80. The number of carbonyl (C=O) groups excluding carboxylic acids is 1. The van der Waals surface area contributed by atoms with Crippen molar-refractivity contribution in [1.29, 1.82) is 0 Å². The standard InChI is InChI=1S/C19H17N3O4S/c1-14(15-6-5-11-20-12-15)21-22-19(23)18-10-9-16(26-18)13-27(24,25)17-7-3-2-4-8-17/h2-12H,13H2,1H3,(H,22,23)/b21-14-. The van der Waals surface area contributed by atoms with E-state index in [0.717, 1.165) is 5.56 Å². The van der Waals surface area contributed by atoms with Gasteiger partial charge in [-0.2, -0.15) is 5.10 Å². The second-order valence-corrected chi connectivity index (χ2v) is 7.71. The first kappa shape index (κ1) is 18.5. The Bertz CT molecular complexity index is 1060. The maximum absolute atomic E-state index is 12.4. The van der Waals surface area contributed by atoms with Crippen molar-refractivity contribution < 1.29 is 17.6 Å². The van der Waals surface area contributed by atoms with Crippen molar-refractivity contribution >= 4 is 21.5 Å². The van der Waals surface area contributed by atoms with E-state index in [1.165, 1.54) is 24.3 Å². The fraction of sp³-hybridized carbons (Fsp3) is 0.105. The summed E-state index contributed by atoms with van der Waals surface area (Å²) in [4.78, 5) is 16.3. The average Bonchev–Trinajstić information content (AvgIpc) is 3.15. The molecule has 1 aromatic carbocycles. The Morgan fingerprint density at radius 1 is 1.11 bits per heavy atom. The number of carbonyl (C=O) groups is 1. The van der Waals surface area contributed by atoms with E-state index in [4.69, 9.17) is 4.42 Å². The summed E-state index contributed by atoms with van der Waals surface area (Å²) in [5, 5.41) is 4.00. The van der Waals surface area contributed by atoms with Crippen LogP contribution in [-0.2, 0) is 15.6 Å². The van der Waals surface area contributed by atoms with Crippen LogP contribution in [0.2, 0.25) is 0 Å². The molecule has 3 rings (SSSR count). The molecule has 2 aromatic heterocycles. The largest absolute Gasteiger partial charge is 0.455 e. The van der Waals surface area contributed by atoms with Crippen LogP contribution in [0.3, 0.4) is 0 Å². The highest BCUT2D eigenvalue weighted by molar-refractivity contribution is 7.90. The van der Waals surface area contributed by atoms with Crippen molar-refractivity contribution in [3.8, 4) is 0 Å². The van der Waals surface area contributed by atoms with Gasteiger partial charge in [-0.25, -0.2) is 13.8 Å². The summed E-state index contributed by atoms with van der Waals surface area (Å²) < 4.78 is 30.1. The monoisotopic (exact) mass is 383 g/mol. The van der Waals surface area contributed by atoms with Crippen molar-refractivity contribution in [3.05, 3.63) is 84.1 Å². The van der Waals surface area contributed by atoms with E-state index >= 15 is 0 Å². The number of sulfone groups is 1. The molecule has 0 fully saturated rings. The minimum atomic E-state index is -3.55. The highest BCUT2D eigenvalue weighted by Crippen LogP contribution is 2.18. The molecule has 3 aromatic rings. The third-order valence-electron chi connectivity index (χ3n) is 3.72. The van der Waals surface area contributed by atoms with Crippen LogP contribution in [0.1, 0.15) is 28.8 Å². The molecule has 0 saturated carbocycles. The molecule has 1 N–H and O–H groups in total. The van der Waals surface area contributed by atoms with Gasteiger partial charge < -0.3 is 4.42 Å². The molecule has 0 saturated heterocycles. The van der Waals surface area contributed by atoms with Crippen molar-refractivity contribution in [2.45, 2.75) is 17.6 Å². The molecule has 2 heterocycles. The second kappa shape index (κ2) is 7.96. The quantitative estimate of drug-likeness (QED) is 0.521. The lowest BCUT2D eigenvalue weighted by Crippen LogP contribution is -2.18. The van der Waals surface area contributed by atoms with Gasteiger partial charge in [0.2, 0.25) is 0 Å². The zero-order valence-corrected chi connectivity index (χ0v) is 15.3. The topological polar surface area (TPSA) is 102 Å². The zero-order valence-electron chi connectivity index (χ0n) is 14.5. The molecule has 27 heavy (non-hydrogen) atoms. The number of amides is 1. The molecular formula is C19H17N3O4S. The summed E-state index contributed by atoms with van der Waals surface area (Å²) in [6.07, 6.45) is 3.27. The van der Waals surface area contributed by atoms with Crippen LogP contribution in [0.5, 0.6) is 0 Å². The lowest BCUT2D eigenvalue weighted by Gasteiger charge is -2.02. The van der Waals surface area contributed by atoms with Gasteiger partial charge in [-0.3, -0.25) is 9.78 Å². The van der Waals surface area contributed by atoms with Gasteiger partial charge in [0.15, 0.2) is 15.6 Å². The van der Waals surface area contributed by atoms with Crippen LogP contribution in [0.25, 0.3) is 0 Å². The Balaban J connectivity index is 1.68. The van der Waals surface area contributed by atoms with Gasteiger partial charge >= 0.3 is 5.91 Å². The second-order valence-electron chi connectivity index (χ2n) is 5.72. The van der Waals surface area contributed by atoms with E-state index in [2.05, 4.69) is 15.5 Å². The lowest BCUT2D eigenvalue weighted by molar-refractivity contribution is 0.0925. The molecule has 138 valence electrons. The fourth-order valence-electron chi connectivity index (χ4n) is 2.31. The van der Waals surface area contributed by atoms with E-state index in [-0.39, 0.29) is 22.2 Å². The normalized spacial score (nSPS) is 12.0. The number of pyridine rings is 1. The number of hydrogen-bond donors (Lipinski definition) is 1. The van der Waals surface area contributed by atoms with E-state index in [0.29, 0.717) is 5.71 Å². The minimum Gasteiger partial charge on any atom is -0.455 e. The first-order chi connectivity index (χ1) is 13.0. The van der Waals surface area contributed by atoms with E-state index in [1.54, 1.807) is 43.6 Å². The van der Waals surface area contributed by atoms with Crippen LogP contribution < -0.4 is 5.43 Å². The molecule has 0 aliphatic heterocycles. The van der Waals surface area contributed by atoms with Gasteiger partial charge in [-0.15, -0.1) is 0 Å². The maximum Gasteiger partial charge on any atom is 0.307 e. The summed E-state index contributed by atoms with van der Waals surface area (Å²) in [6, 6.07) is 14.5. The van der Waals surface area contributed by atoms with Gasteiger partial charge in [0.05, 0.1) is 10.6 Å². The number of nitrogens with zero attached hydrogens (tertiary/aromatic N) is 2. The number of nitrogens with one attached hydrogen (secondary N) is 1. The van der Waals surface area contributed by atoms with Gasteiger partial charge in [0, 0.05) is 18.0 Å². The van der Waals surface area contributed by atoms with E-state index in [1.807, 2.05) is 6.07 Å². The molecule has 0 unspecified atom stereocenters. The highest BCUT2D eigenvalue weighted by Gasteiger charge is 2.19. The van der Waals surface area contributed by atoms with Crippen molar-refractivity contribution in [2.75, 3.05) is 0 Å². The van der Waals surface area contributed by atoms with Gasteiger partial charge in [-0.05, 0) is 37.3 Å². The SMILES string of the molecule is C/C(=N/NC(=O)c1ccc(CS(=O)(=O)c2ccccc2)o1)c1cccnc1. The number of benzene rings is 1. The van der Waals surface area contributed by atoms with Crippen molar-refractivity contribution in [2.24, 2.45) is 5.10 Å². The van der Waals surface area contributed by atoms with Gasteiger partial charge in [-0.1, -0.05) is 24.3 Å². The maximum atomic E-state index is 12.4. The smallest absolute Gasteiger partial charge is 0.307 e. The van der Waals surface area contributed by atoms with Crippen LogP contribution >= 0.6 is 0 Å². The van der Waals surface area contributed by atoms with E-state index in [9.17, 15) is 13.2 Å². The summed E-state index contributed by atoms with van der Waals surface area (Å²) in [7, 11) is -3.55. The number of hydrazone groups is 1. The molecule has 7 nitrogen and oxygen atoms in total. The summed E-state index contributed by atoms with van der Waals surface area (Å²) >= 11 is 0. The van der Waals surface area contributed by atoms with Crippen LogP contribution in [0, 0.1) is 0 Å². The van der Waals surface area contributed by atoms with Crippen LogP contribution in [0.15, 0.2) is 81.4 Å². The molecule has 0 radical (unpaired) electrons. The minimum absolute atomic E-state index is 0.0176. The number of hydrogen-bond acceptors (Lipinski definition) is 6. The Kier molecular flexibility index (Phi) is 5.46. The zero-order chi connectivity index (χ0) is 19.3. The predicted molar refractivity (Wildman–Crippen MR) is 100.0 cm³/mol. The van der Waals surface area contributed by atoms with Crippen LogP contribution in [0.4, 0.5) is 0 Å². The van der Waals surface area contributed by atoms with Crippen LogP contribution in [-0.4, -0.2) is 25.0 Å². The molecule has 0 spiro atoms. The average molecular weight is 383 g/mol. The molecule has 0 aliphatic carbocycles. The van der Waals surface area contributed by atoms with Crippen molar-refractivity contribution in [1.82, 2.24) is 10.4 Å². The Hall–Kier alpha value is -3.26. The molecule has 1 amide bonds. The molecule has 0 bridgehead atoms. The van der Waals surface area contributed by atoms with E-state index < -0.39 is 15.7 Å². The van der Waals surface area contributed by atoms with Crippen molar-refractivity contribution in [3.63, 3.8) is 0 Å². The Labute approximate surface area is 156 Å². The third kappa shape index (κ3) is 4.68. The summed E-state index contributed by atoms with van der Waals surface area (Å²) in [5.74, 6) is -0.739.